The zero-order chi connectivity index (χ0) is 20.5. The number of imidazole rings is 1. The molecule has 1 aromatic carbocycles. The molecule has 4 atom stereocenters. The van der Waals surface area contributed by atoms with E-state index in [1.54, 1.807) is 0 Å². The third kappa shape index (κ3) is 3.74. The van der Waals surface area contributed by atoms with Gasteiger partial charge in [0, 0.05) is 5.75 Å². The molecule has 1 saturated heterocycles. The first-order valence-electron chi connectivity index (χ1n) is 9.06. The van der Waals surface area contributed by atoms with Crippen molar-refractivity contribution in [3.8, 4) is 0 Å². The average Bonchev–Trinajstić information content (AvgIpc) is 3.20. The molecule has 0 spiro atoms. The van der Waals surface area contributed by atoms with E-state index in [9.17, 15) is 20.1 Å². The second kappa shape index (κ2) is 8.13. The largest absolute Gasteiger partial charge is 0.394 e. The molecule has 0 radical (unpaired) electrons. The van der Waals surface area contributed by atoms with Crippen molar-refractivity contribution >= 4 is 28.9 Å². The fraction of sp³-hybridized carbons (Fsp3) is 0.389. The maximum absolute atomic E-state index is 12.3. The number of aliphatic hydroxyl groups is 3. The number of anilines is 1. The van der Waals surface area contributed by atoms with Crippen LogP contribution in [0.5, 0.6) is 0 Å². The van der Waals surface area contributed by atoms with Crippen molar-refractivity contribution in [3.63, 3.8) is 0 Å². The fourth-order valence-electron chi connectivity index (χ4n) is 3.31. The van der Waals surface area contributed by atoms with Crippen molar-refractivity contribution in [1.82, 2.24) is 19.5 Å². The van der Waals surface area contributed by atoms with Gasteiger partial charge in [-0.2, -0.15) is 4.98 Å². The van der Waals surface area contributed by atoms with Crippen molar-refractivity contribution in [2.24, 2.45) is 0 Å². The highest BCUT2D eigenvalue weighted by atomic mass is 32.2. The van der Waals surface area contributed by atoms with E-state index in [2.05, 4.69) is 15.0 Å². The predicted molar refractivity (Wildman–Crippen MR) is 106 cm³/mol. The minimum absolute atomic E-state index is 0.0548. The van der Waals surface area contributed by atoms with E-state index in [1.807, 2.05) is 30.3 Å². The molecule has 29 heavy (non-hydrogen) atoms. The Morgan fingerprint density at radius 2 is 1.97 bits per heavy atom. The van der Waals surface area contributed by atoms with Crippen LogP contribution in [0, 0.1) is 0 Å². The van der Waals surface area contributed by atoms with E-state index >= 15 is 0 Å². The van der Waals surface area contributed by atoms with Crippen molar-refractivity contribution in [3.05, 3.63) is 46.2 Å². The highest BCUT2D eigenvalue weighted by Gasteiger charge is 2.45. The van der Waals surface area contributed by atoms with E-state index in [0.29, 0.717) is 10.9 Å². The Balaban J connectivity index is 1.70. The van der Waals surface area contributed by atoms with Crippen molar-refractivity contribution in [1.29, 1.82) is 0 Å². The first-order valence-corrected chi connectivity index (χ1v) is 10.0. The van der Waals surface area contributed by atoms with Crippen LogP contribution in [0.15, 0.2) is 40.3 Å². The minimum Gasteiger partial charge on any atom is -0.394 e. The molecule has 0 saturated carbocycles. The average molecular weight is 419 g/mol. The standard InChI is InChI=1S/C18H21N5O5S/c19-17-21-14-11(15(27)22-17)20-18(29-7-6-9-4-2-1-3-5-9)23(14)16-13(26)12(25)10(8-24)28-16/h1-5,10,12-13,16,24-26H,6-8H2,(H3,19,21,22,27). The Bertz CT molecular complexity index is 1060. The van der Waals surface area contributed by atoms with E-state index in [4.69, 9.17) is 10.5 Å². The lowest BCUT2D eigenvalue weighted by atomic mass is 10.1. The lowest BCUT2D eigenvalue weighted by Crippen LogP contribution is -2.33. The topological polar surface area (TPSA) is 160 Å². The number of nitrogens with zero attached hydrogens (tertiary/aromatic N) is 3. The Kier molecular flexibility index (Phi) is 5.56. The molecule has 4 unspecified atom stereocenters. The number of aliphatic hydroxyl groups excluding tert-OH is 3. The molecule has 154 valence electrons. The van der Waals surface area contributed by atoms with Gasteiger partial charge in [-0.05, 0) is 12.0 Å². The number of H-pyrrole nitrogens is 1. The summed E-state index contributed by atoms with van der Waals surface area (Å²) in [4.78, 5) is 23.2. The molecule has 3 heterocycles. The van der Waals surface area contributed by atoms with Gasteiger partial charge in [-0.3, -0.25) is 14.3 Å². The number of nitrogens with two attached hydrogens (primary N) is 1. The third-order valence-electron chi connectivity index (χ3n) is 4.77. The molecular formula is C18H21N5O5S. The molecule has 1 aliphatic heterocycles. The highest BCUT2D eigenvalue weighted by molar-refractivity contribution is 7.99. The molecule has 3 aromatic rings. The second-order valence-corrected chi connectivity index (χ2v) is 7.76. The molecule has 6 N–H and O–H groups in total. The van der Waals surface area contributed by atoms with Crippen LogP contribution in [0.3, 0.4) is 0 Å². The summed E-state index contributed by atoms with van der Waals surface area (Å²) in [6.07, 6.45) is -3.89. The lowest BCUT2D eigenvalue weighted by molar-refractivity contribution is -0.0548. The SMILES string of the molecule is Nc1nc2c(nc(SCCc3ccccc3)n2C2OC(CO)C(O)C2O)c(=O)[nH]1. The number of hydrogen-bond donors (Lipinski definition) is 5. The number of fused-ring (bicyclic) bond motifs is 1. The Hall–Kier alpha value is -2.44. The van der Waals surface area contributed by atoms with Gasteiger partial charge >= 0.3 is 0 Å². The summed E-state index contributed by atoms with van der Waals surface area (Å²) < 4.78 is 7.10. The molecular weight excluding hydrogens is 398 g/mol. The maximum atomic E-state index is 12.3. The fourth-order valence-corrected chi connectivity index (χ4v) is 4.32. The molecule has 4 rings (SSSR count). The number of nitrogen functional groups attached to an aromatic ring is 1. The zero-order valence-electron chi connectivity index (χ0n) is 15.3. The zero-order valence-corrected chi connectivity index (χ0v) is 16.1. The minimum atomic E-state index is -1.33. The van der Waals surface area contributed by atoms with E-state index in [1.165, 1.54) is 16.3 Å². The summed E-state index contributed by atoms with van der Waals surface area (Å²) in [6.45, 7) is -0.464. The Morgan fingerprint density at radius 3 is 2.66 bits per heavy atom. The smallest absolute Gasteiger partial charge is 0.280 e. The number of thioether (sulfide) groups is 1. The molecule has 2 aromatic heterocycles. The summed E-state index contributed by atoms with van der Waals surface area (Å²) in [5, 5.41) is 30.4. The number of nitrogens with one attached hydrogen (secondary N) is 1. The number of benzene rings is 1. The normalized spacial score (nSPS) is 24.4. The summed E-state index contributed by atoms with van der Waals surface area (Å²) in [6, 6.07) is 9.90. The summed E-state index contributed by atoms with van der Waals surface area (Å²) in [5.41, 5.74) is 6.52. The van der Waals surface area contributed by atoms with Crippen molar-refractivity contribution < 1.29 is 20.1 Å². The van der Waals surface area contributed by atoms with Gasteiger partial charge in [-0.15, -0.1) is 0 Å². The number of aryl methyl sites for hydroxylation is 1. The van der Waals surface area contributed by atoms with Crippen LogP contribution < -0.4 is 11.3 Å². The van der Waals surface area contributed by atoms with Crippen LogP contribution in [-0.2, 0) is 11.2 Å². The lowest BCUT2D eigenvalue weighted by Gasteiger charge is -2.19. The van der Waals surface area contributed by atoms with Gasteiger partial charge < -0.3 is 25.8 Å². The number of ether oxygens (including phenoxy) is 1. The predicted octanol–water partition coefficient (Wildman–Crippen LogP) is -0.352. The van der Waals surface area contributed by atoms with Crippen LogP contribution >= 0.6 is 11.8 Å². The third-order valence-corrected chi connectivity index (χ3v) is 5.73. The van der Waals surface area contributed by atoms with Crippen LogP contribution in [0.25, 0.3) is 11.2 Å². The Morgan fingerprint density at radius 1 is 1.21 bits per heavy atom. The molecule has 1 fully saturated rings. The number of aromatic amines is 1. The molecule has 0 amide bonds. The van der Waals surface area contributed by atoms with Gasteiger partial charge in [0.1, 0.15) is 18.3 Å². The Labute approximate surface area is 169 Å². The van der Waals surface area contributed by atoms with Gasteiger partial charge in [0.05, 0.1) is 6.61 Å². The second-order valence-electron chi connectivity index (χ2n) is 6.70. The van der Waals surface area contributed by atoms with Gasteiger partial charge in [0.25, 0.3) is 5.56 Å². The van der Waals surface area contributed by atoms with E-state index in [0.717, 1.165) is 12.0 Å². The van der Waals surface area contributed by atoms with Crippen LogP contribution in [0.1, 0.15) is 11.8 Å². The van der Waals surface area contributed by atoms with Gasteiger partial charge in [-0.25, -0.2) is 4.98 Å². The molecule has 10 nitrogen and oxygen atoms in total. The van der Waals surface area contributed by atoms with Crippen LogP contribution in [-0.4, -0.2) is 65.5 Å². The summed E-state index contributed by atoms with van der Waals surface area (Å²) in [5.74, 6) is 0.548. The van der Waals surface area contributed by atoms with Crippen LogP contribution in [0.4, 0.5) is 5.95 Å². The van der Waals surface area contributed by atoms with Gasteiger partial charge in [0.15, 0.2) is 22.5 Å². The number of hydrogen-bond acceptors (Lipinski definition) is 9. The number of rotatable bonds is 6. The first kappa shape index (κ1) is 19.9. The summed E-state index contributed by atoms with van der Waals surface area (Å²) in [7, 11) is 0. The first-order chi connectivity index (χ1) is 14.0. The van der Waals surface area contributed by atoms with Gasteiger partial charge in [-0.1, -0.05) is 42.1 Å². The highest BCUT2D eigenvalue weighted by Crippen LogP contribution is 2.35. The van der Waals surface area contributed by atoms with Gasteiger partial charge in [0.2, 0.25) is 5.95 Å². The quantitative estimate of drug-likeness (QED) is 0.336. The maximum Gasteiger partial charge on any atom is 0.280 e. The van der Waals surface area contributed by atoms with Crippen LogP contribution in [0.2, 0.25) is 0 Å². The van der Waals surface area contributed by atoms with Crippen molar-refractivity contribution in [2.75, 3.05) is 18.1 Å². The molecule has 1 aliphatic rings. The molecule has 0 bridgehead atoms. The number of aromatic nitrogens is 4. The molecule has 0 aliphatic carbocycles. The van der Waals surface area contributed by atoms with E-state index < -0.39 is 36.7 Å². The summed E-state index contributed by atoms with van der Waals surface area (Å²) >= 11 is 1.36. The van der Waals surface area contributed by atoms with Crippen molar-refractivity contribution in [2.45, 2.75) is 36.1 Å². The monoisotopic (exact) mass is 419 g/mol. The van der Waals surface area contributed by atoms with E-state index in [-0.39, 0.29) is 17.1 Å². The molecule has 11 heteroatoms.